The summed E-state index contributed by atoms with van der Waals surface area (Å²) in [5.74, 6) is -0.919. The first-order valence-electron chi connectivity index (χ1n) is 9.15. The molecule has 0 bridgehead atoms. The highest BCUT2D eigenvalue weighted by Crippen LogP contribution is 2.27. The van der Waals surface area contributed by atoms with Crippen LogP contribution in [0.2, 0.25) is 0 Å². The SMILES string of the molecule is CN(C1CCCCC1)S(=O)(=O)c1cccc(NC(=O)NCCCC(=O)O)c1. The zero-order chi connectivity index (χ0) is 19.9. The summed E-state index contributed by atoms with van der Waals surface area (Å²) >= 11 is 0. The quantitative estimate of drug-likeness (QED) is 0.583. The first-order valence-corrected chi connectivity index (χ1v) is 10.6. The van der Waals surface area contributed by atoms with Gasteiger partial charge in [-0.25, -0.2) is 13.2 Å². The van der Waals surface area contributed by atoms with Crippen LogP contribution < -0.4 is 10.6 Å². The van der Waals surface area contributed by atoms with Crippen molar-refractivity contribution in [1.29, 1.82) is 0 Å². The predicted molar refractivity (Wildman–Crippen MR) is 102 cm³/mol. The normalized spacial score (nSPS) is 15.5. The van der Waals surface area contributed by atoms with Crippen LogP contribution in [-0.2, 0) is 14.8 Å². The fourth-order valence-electron chi connectivity index (χ4n) is 3.16. The Labute approximate surface area is 160 Å². The average molecular weight is 397 g/mol. The first kappa shape index (κ1) is 21.2. The molecule has 2 amide bonds. The molecule has 0 saturated heterocycles. The third kappa shape index (κ3) is 6.21. The second kappa shape index (κ2) is 9.70. The van der Waals surface area contributed by atoms with Crippen molar-refractivity contribution in [2.24, 2.45) is 0 Å². The number of nitrogens with one attached hydrogen (secondary N) is 2. The maximum atomic E-state index is 12.9. The fourth-order valence-corrected chi connectivity index (χ4v) is 4.62. The topological polar surface area (TPSA) is 116 Å². The van der Waals surface area contributed by atoms with Gasteiger partial charge in [0.1, 0.15) is 0 Å². The lowest BCUT2D eigenvalue weighted by Gasteiger charge is -2.30. The maximum absolute atomic E-state index is 12.9. The number of urea groups is 1. The Balaban J connectivity index is 1.99. The largest absolute Gasteiger partial charge is 0.481 e. The van der Waals surface area contributed by atoms with Gasteiger partial charge in [0.05, 0.1) is 4.90 Å². The molecular formula is C18H27N3O5S. The van der Waals surface area contributed by atoms with Gasteiger partial charge in [0.2, 0.25) is 10.0 Å². The molecule has 1 aromatic carbocycles. The Hall–Kier alpha value is -2.13. The second-order valence-electron chi connectivity index (χ2n) is 6.72. The number of carbonyl (C=O) groups is 2. The van der Waals surface area contributed by atoms with Gasteiger partial charge in [-0.05, 0) is 37.5 Å². The minimum Gasteiger partial charge on any atom is -0.481 e. The van der Waals surface area contributed by atoms with Crippen molar-refractivity contribution >= 4 is 27.7 Å². The lowest BCUT2D eigenvalue weighted by molar-refractivity contribution is -0.137. The molecule has 1 aliphatic carbocycles. The highest BCUT2D eigenvalue weighted by atomic mass is 32.2. The number of anilines is 1. The minimum absolute atomic E-state index is 0.0119. The van der Waals surface area contributed by atoms with E-state index in [0.29, 0.717) is 12.1 Å². The van der Waals surface area contributed by atoms with Crippen LogP contribution in [-0.4, -0.2) is 49.5 Å². The molecule has 0 atom stereocenters. The molecule has 0 unspecified atom stereocenters. The van der Waals surface area contributed by atoms with Crippen LogP contribution >= 0.6 is 0 Å². The molecule has 0 spiro atoms. The summed E-state index contributed by atoms with van der Waals surface area (Å²) < 4.78 is 27.2. The molecule has 150 valence electrons. The highest BCUT2D eigenvalue weighted by Gasteiger charge is 2.29. The molecule has 0 heterocycles. The Morgan fingerprint density at radius 2 is 1.93 bits per heavy atom. The minimum atomic E-state index is -3.63. The van der Waals surface area contributed by atoms with Crippen LogP contribution in [0.15, 0.2) is 29.2 Å². The molecule has 2 rings (SSSR count). The van der Waals surface area contributed by atoms with Crippen molar-refractivity contribution in [3.8, 4) is 0 Å². The lowest BCUT2D eigenvalue weighted by atomic mass is 9.96. The summed E-state index contributed by atoms with van der Waals surface area (Å²) in [6, 6.07) is 5.65. The van der Waals surface area contributed by atoms with Crippen molar-refractivity contribution in [1.82, 2.24) is 9.62 Å². The highest BCUT2D eigenvalue weighted by molar-refractivity contribution is 7.89. The van der Waals surface area contributed by atoms with E-state index in [1.165, 1.54) is 16.4 Å². The second-order valence-corrected chi connectivity index (χ2v) is 8.72. The van der Waals surface area contributed by atoms with Crippen LogP contribution in [0.3, 0.4) is 0 Å². The Kier molecular flexibility index (Phi) is 7.61. The maximum Gasteiger partial charge on any atom is 0.319 e. The van der Waals surface area contributed by atoms with E-state index in [0.717, 1.165) is 32.1 Å². The molecule has 1 saturated carbocycles. The van der Waals surface area contributed by atoms with E-state index in [1.807, 2.05) is 0 Å². The molecule has 1 aliphatic rings. The summed E-state index contributed by atoms with van der Waals surface area (Å²) in [7, 11) is -2.02. The fraction of sp³-hybridized carbons (Fsp3) is 0.556. The van der Waals surface area contributed by atoms with Gasteiger partial charge in [-0.1, -0.05) is 25.3 Å². The van der Waals surface area contributed by atoms with Crippen LogP contribution in [0.4, 0.5) is 10.5 Å². The zero-order valence-corrected chi connectivity index (χ0v) is 16.3. The number of nitrogens with zero attached hydrogens (tertiary/aromatic N) is 1. The Morgan fingerprint density at radius 1 is 1.22 bits per heavy atom. The number of benzene rings is 1. The number of rotatable bonds is 8. The molecule has 3 N–H and O–H groups in total. The monoisotopic (exact) mass is 397 g/mol. The van der Waals surface area contributed by atoms with E-state index in [-0.39, 0.29) is 23.9 Å². The number of carboxylic acids is 1. The standard InChI is InChI=1S/C18H27N3O5S/c1-21(15-8-3-2-4-9-15)27(25,26)16-10-5-7-14(13-16)20-18(24)19-12-6-11-17(22)23/h5,7,10,13,15H,2-4,6,8-9,11-12H2,1H3,(H,22,23)(H2,19,20,24). The molecule has 1 fully saturated rings. The molecule has 0 aromatic heterocycles. The third-order valence-electron chi connectivity index (χ3n) is 4.71. The summed E-state index contributed by atoms with van der Waals surface area (Å²) in [6.45, 7) is 0.223. The Morgan fingerprint density at radius 3 is 2.59 bits per heavy atom. The number of aliphatic carboxylic acids is 1. The van der Waals surface area contributed by atoms with Crippen molar-refractivity contribution in [3.63, 3.8) is 0 Å². The predicted octanol–water partition coefficient (Wildman–Crippen LogP) is 2.63. The summed E-state index contributed by atoms with van der Waals surface area (Å²) in [6.07, 6.45) is 5.25. The van der Waals surface area contributed by atoms with Gasteiger partial charge in [-0.2, -0.15) is 4.31 Å². The smallest absolute Gasteiger partial charge is 0.319 e. The number of carbonyl (C=O) groups excluding carboxylic acids is 1. The molecule has 27 heavy (non-hydrogen) atoms. The van der Waals surface area contributed by atoms with Crippen LogP contribution in [0.1, 0.15) is 44.9 Å². The van der Waals surface area contributed by atoms with Crippen molar-refractivity contribution in [2.45, 2.75) is 55.9 Å². The van der Waals surface area contributed by atoms with Gasteiger partial charge in [-0.15, -0.1) is 0 Å². The molecule has 1 aromatic rings. The molecule has 0 aliphatic heterocycles. The van der Waals surface area contributed by atoms with E-state index in [4.69, 9.17) is 5.11 Å². The van der Waals surface area contributed by atoms with Gasteiger partial charge in [-0.3, -0.25) is 4.79 Å². The van der Waals surface area contributed by atoms with Gasteiger partial charge >= 0.3 is 12.0 Å². The number of sulfonamides is 1. The van der Waals surface area contributed by atoms with Crippen molar-refractivity contribution < 1.29 is 23.1 Å². The van der Waals surface area contributed by atoms with Crippen LogP contribution in [0.25, 0.3) is 0 Å². The average Bonchev–Trinajstić information content (AvgIpc) is 2.65. The van der Waals surface area contributed by atoms with Crippen LogP contribution in [0, 0.1) is 0 Å². The summed E-state index contributed by atoms with van der Waals surface area (Å²) in [5.41, 5.74) is 0.365. The zero-order valence-electron chi connectivity index (χ0n) is 15.5. The first-order chi connectivity index (χ1) is 12.8. The molecule has 8 nitrogen and oxygen atoms in total. The lowest BCUT2D eigenvalue weighted by Crippen LogP contribution is -2.38. The molecule has 0 radical (unpaired) electrons. The van der Waals surface area contributed by atoms with E-state index >= 15 is 0 Å². The van der Waals surface area contributed by atoms with Crippen molar-refractivity contribution in [3.05, 3.63) is 24.3 Å². The number of carboxylic acid groups (broad SMARTS) is 1. The van der Waals surface area contributed by atoms with Crippen molar-refractivity contribution in [2.75, 3.05) is 18.9 Å². The molecular weight excluding hydrogens is 370 g/mol. The van der Waals surface area contributed by atoms with E-state index in [2.05, 4.69) is 10.6 Å². The van der Waals surface area contributed by atoms with E-state index in [1.54, 1.807) is 19.2 Å². The van der Waals surface area contributed by atoms with Gasteiger partial charge < -0.3 is 15.7 Å². The van der Waals surface area contributed by atoms with E-state index < -0.39 is 22.0 Å². The van der Waals surface area contributed by atoms with Crippen LogP contribution in [0.5, 0.6) is 0 Å². The summed E-state index contributed by atoms with van der Waals surface area (Å²) in [5, 5.41) is 13.7. The number of amides is 2. The van der Waals surface area contributed by atoms with Gasteiger partial charge in [0, 0.05) is 31.7 Å². The van der Waals surface area contributed by atoms with E-state index in [9.17, 15) is 18.0 Å². The van der Waals surface area contributed by atoms with Gasteiger partial charge in [0.25, 0.3) is 0 Å². The summed E-state index contributed by atoms with van der Waals surface area (Å²) in [4.78, 5) is 22.5. The number of hydrogen-bond acceptors (Lipinski definition) is 4. The Bertz CT molecular complexity index is 760. The third-order valence-corrected chi connectivity index (χ3v) is 6.62. The van der Waals surface area contributed by atoms with Gasteiger partial charge in [0.15, 0.2) is 0 Å². The molecule has 9 heteroatoms. The number of hydrogen-bond donors (Lipinski definition) is 3.